The smallest absolute Gasteiger partial charge is 0.334 e. The fourth-order valence-electron chi connectivity index (χ4n) is 4.10. The number of aromatic nitrogens is 4. The van der Waals surface area contributed by atoms with Crippen LogP contribution in [0.2, 0.25) is 0 Å². The third-order valence-corrected chi connectivity index (χ3v) is 5.79. The van der Waals surface area contributed by atoms with Crippen LogP contribution in [0, 0.1) is 6.92 Å². The van der Waals surface area contributed by atoms with Gasteiger partial charge in [0.1, 0.15) is 5.82 Å². The molecule has 0 saturated carbocycles. The predicted octanol–water partition coefficient (Wildman–Crippen LogP) is 4.27. The van der Waals surface area contributed by atoms with E-state index in [4.69, 9.17) is 9.47 Å². The summed E-state index contributed by atoms with van der Waals surface area (Å²) in [7, 11) is 4.99. The van der Waals surface area contributed by atoms with E-state index in [2.05, 4.69) is 16.0 Å². The first-order chi connectivity index (χ1) is 15.5. The maximum absolute atomic E-state index is 13.2. The van der Waals surface area contributed by atoms with Gasteiger partial charge >= 0.3 is 5.69 Å². The van der Waals surface area contributed by atoms with Gasteiger partial charge in [-0.3, -0.25) is 9.55 Å². The number of ether oxygens (including phenoxy) is 2. The van der Waals surface area contributed by atoms with Gasteiger partial charge < -0.3 is 9.47 Å². The first-order valence-electron chi connectivity index (χ1n) is 10.2. The fourth-order valence-corrected chi connectivity index (χ4v) is 4.10. The molecule has 0 amide bonds. The van der Waals surface area contributed by atoms with Gasteiger partial charge in [-0.15, -0.1) is 0 Å². The Hall–Kier alpha value is -4.13. The number of benzene rings is 2. The van der Waals surface area contributed by atoms with Gasteiger partial charge in [0.05, 0.1) is 37.0 Å². The van der Waals surface area contributed by atoms with Crippen LogP contribution in [0.5, 0.6) is 11.5 Å². The molecular formula is C25H22N4O3. The number of hydrogen-bond acceptors (Lipinski definition) is 5. The molecule has 0 atom stereocenters. The Morgan fingerprint density at radius 2 is 1.66 bits per heavy atom. The summed E-state index contributed by atoms with van der Waals surface area (Å²) in [5, 5.41) is 0.873. The van der Waals surface area contributed by atoms with Crippen LogP contribution >= 0.6 is 0 Å². The second-order valence-corrected chi connectivity index (χ2v) is 7.61. The summed E-state index contributed by atoms with van der Waals surface area (Å²) in [4.78, 5) is 22.3. The van der Waals surface area contributed by atoms with Crippen LogP contribution in [0.3, 0.4) is 0 Å². The average Bonchev–Trinajstić information content (AvgIpc) is 3.09. The lowest BCUT2D eigenvalue weighted by Gasteiger charge is -2.11. The highest BCUT2D eigenvalue weighted by Gasteiger charge is 2.18. The second-order valence-electron chi connectivity index (χ2n) is 7.61. The van der Waals surface area contributed by atoms with Gasteiger partial charge in [0, 0.05) is 18.6 Å². The van der Waals surface area contributed by atoms with Crippen LogP contribution in [-0.4, -0.2) is 33.3 Å². The van der Waals surface area contributed by atoms with Crippen LogP contribution in [0.1, 0.15) is 5.56 Å². The highest BCUT2D eigenvalue weighted by molar-refractivity contribution is 6.04. The lowest BCUT2D eigenvalue weighted by Crippen LogP contribution is -2.22. The van der Waals surface area contributed by atoms with Gasteiger partial charge in [-0.05, 0) is 53.9 Å². The highest BCUT2D eigenvalue weighted by atomic mass is 16.5. The van der Waals surface area contributed by atoms with Gasteiger partial charge in [0.15, 0.2) is 11.5 Å². The van der Waals surface area contributed by atoms with Crippen molar-refractivity contribution in [1.82, 2.24) is 19.1 Å². The number of hydrogen-bond donors (Lipinski definition) is 0. The molecule has 0 saturated heterocycles. The average molecular weight is 426 g/mol. The van der Waals surface area contributed by atoms with Gasteiger partial charge in [-0.2, -0.15) is 0 Å². The number of methoxy groups -OCH3 is 2. The van der Waals surface area contributed by atoms with Gasteiger partial charge in [-0.25, -0.2) is 14.3 Å². The molecule has 5 aromatic rings. The lowest BCUT2D eigenvalue weighted by molar-refractivity contribution is 0.355. The Balaban J connectivity index is 1.83. The van der Waals surface area contributed by atoms with E-state index in [-0.39, 0.29) is 5.69 Å². The molecule has 5 rings (SSSR count). The molecule has 0 radical (unpaired) electrons. The second kappa shape index (κ2) is 7.53. The fraction of sp³-hybridized carbons (Fsp3) is 0.160. The Bertz CT molecular complexity index is 1550. The zero-order valence-electron chi connectivity index (χ0n) is 18.3. The highest BCUT2D eigenvalue weighted by Crippen LogP contribution is 2.34. The maximum atomic E-state index is 13.2. The molecule has 7 heteroatoms. The summed E-state index contributed by atoms with van der Waals surface area (Å²) < 4.78 is 14.1. The summed E-state index contributed by atoms with van der Waals surface area (Å²) in [6.45, 7) is 1.95. The van der Waals surface area contributed by atoms with Crippen molar-refractivity contribution < 1.29 is 9.47 Å². The number of nitrogens with zero attached hydrogens (tertiary/aromatic N) is 4. The Morgan fingerprint density at radius 1 is 0.906 bits per heavy atom. The molecule has 0 spiro atoms. The third-order valence-electron chi connectivity index (χ3n) is 5.79. The van der Waals surface area contributed by atoms with Crippen LogP contribution in [0.15, 0.2) is 65.7 Å². The van der Waals surface area contributed by atoms with Gasteiger partial charge in [-0.1, -0.05) is 18.2 Å². The van der Waals surface area contributed by atoms with Crippen molar-refractivity contribution in [2.75, 3.05) is 14.2 Å². The topological polar surface area (TPSA) is 71.2 Å². The Kier molecular flexibility index (Phi) is 4.66. The molecule has 0 unspecified atom stereocenters. The van der Waals surface area contributed by atoms with Crippen LogP contribution in [0.25, 0.3) is 38.9 Å². The van der Waals surface area contributed by atoms with Crippen LogP contribution in [0.4, 0.5) is 0 Å². The molecule has 0 aliphatic rings. The molecule has 0 N–H and O–H groups in total. The van der Waals surface area contributed by atoms with Crippen molar-refractivity contribution in [2.24, 2.45) is 7.05 Å². The Labute approximate surface area is 184 Å². The minimum atomic E-state index is -0.160. The summed E-state index contributed by atoms with van der Waals surface area (Å²) in [6.07, 6.45) is 3.44. The van der Waals surface area contributed by atoms with E-state index in [0.717, 1.165) is 38.6 Å². The summed E-state index contributed by atoms with van der Waals surface area (Å²) in [5.41, 5.74) is 5.04. The van der Waals surface area contributed by atoms with E-state index in [9.17, 15) is 4.79 Å². The van der Waals surface area contributed by atoms with Crippen LogP contribution < -0.4 is 15.2 Å². The van der Waals surface area contributed by atoms with E-state index in [0.29, 0.717) is 17.3 Å². The van der Waals surface area contributed by atoms with Crippen molar-refractivity contribution in [1.29, 1.82) is 0 Å². The Morgan fingerprint density at radius 3 is 2.41 bits per heavy atom. The number of aryl methyl sites for hydroxylation is 2. The quantitative estimate of drug-likeness (QED) is 0.429. The van der Waals surface area contributed by atoms with Gasteiger partial charge in [0.25, 0.3) is 0 Å². The SMILES string of the molecule is COc1ccc(-c2ccc3ncc4c(c3c2)n(-c2ncccc2C)c(=O)n4C)cc1OC. The molecule has 7 nitrogen and oxygen atoms in total. The molecule has 0 aliphatic carbocycles. The molecule has 0 aliphatic heterocycles. The third kappa shape index (κ3) is 2.93. The van der Waals surface area contributed by atoms with Crippen molar-refractivity contribution in [3.05, 3.63) is 77.0 Å². The number of rotatable bonds is 4. The van der Waals surface area contributed by atoms with Gasteiger partial charge in [0.2, 0.25) is 0 Å². The number of fused-ring (bicyclic) bond motifs is 3. The van der Waals surface area contributed by atoms with Crippen molar-refractivity contribution >= 4 is 21.9 Å². The minimum absolute atomic E-state index is 0.160. The first kappa shape index (κ1) is 19.8. The van der Waals surface area contributed by atoms with Crippen molar-refractivity contribution in [3.8, 4) is 28.4 Å². The standard InChI is InChI=1S/C25H22N4O3/c1-15-6-5-11-26-24(15)29-23-18-12-16(17-8-10-21(31-3)22(13-17)32-4)7-9-19(18)27-14-20(23)28(2)25(29)30/h5-14H,1-4H3. The number of pyridine rings is 2. The van der Waals surface area contributed by atoms with E-state index in [1.165, 1.54) is 0 Å². The summed E-state index contributed by atoms with van der Waals surface area (Å²) >= 11 is 0. The van der Waals surface area contributed by atoms with Crippen LogP contribution in [-0.2, 0) is 7.05 Å². The molecule has 0 bridgehead atoms. The van der Waals surface area contributed by atoms with E-state index in [1.54, 1.807) is 42.8 Å². The summed E-state index contributed by atoms with van der Waals surface area (Å²) in [6, 6.07) is 15.7. The van der Waals surface area contributed by atoms with E-state index >= 15 is 0 Å². The zero-order chi connectivity index (χ0) is 22.4. The first-order valence-corrected chi connectivity index (χ1v) is 10.2. The molecule has 3 aromatic heterocycles. The minimum Gasteiger partial charge on any atom is -0.493 e. The maximum Gasteiger partial charge on any atom is 0.334 e. The molecule has 32 heavy (non-hydrogen) atoms. The molecular weight excluding hydrogens is 404 g/mol. The predicted molar refractivity (Wildman–Crippen MR) is 125 cm³/mol. The lowest BCUT2D eigenvalue weighted by atomic mass is 10.0. The number of imidazole rings is 1. The monoisotopic (exact) mass is 426 g/mol. The normalized spacial score (nSPS) is 11.2. The molecule has 2 aromatic carbocycles. The van der Waals surface area contributed by atoms with Crippen molar-refractivity contribution in [2.45, 2.75) is 6.92 Å². The largest absolute Gasteiger partial charge is 0.493 e. The van der Waals surface area contributed by atoms with E-state index in [1.807, 2.05) is 49.4 Å². The summed E-state index contributed by atoms with van der Waals surface area (Å²) in [5.74, 6) is 1.94. The molecule has 0 fully saturated rings. The van der Waals surface area contributed by atoms with Crippen molar-refractivity contribution in [3.63, 3.8) is 0 Å². The van der Waals surface area contributed by atoms with E-state index < -0.39 is 0 Å². The molecule has 3 heterocycles. The zero-order valence-corrected chi connectivity index (χ0v) is 18.3. The molecule has 160 valence electrons.